The fourth-order valence-corrected chi connectivity index (χ4v) is 2.96. The Balaban J connectivity index is 2.21. The molecule has 5 heteroatoms. The predicted octanol–water partition coefficient (Wildman–Crippen LogP) is 2.98. The maximum atomic E-state index is 6.00. The van der Waals surface area contributed by atoms with Crippen LogP contribution in [0.1, 0.15) is 21.0 Å². The molecule has 0 saturated carbocycles. The second-order valence-corrected chi connectivity index (χ2v) is 5.81. The summed E-state index contributed by atoms with van der Waals surface area (Å²) in [4.78, 5) is 2.71. The number of rotatable bonds is 4. The molecule has 2 aromatic heterocycles. The van der Waals surface area contributed by atoms with Crippen LogP contribution in [0, 0.1) is 13.8 Å². The van der Waals surface area contributed by atoms with E-state index in [2.05, 4.69) is 23.4 Å². The Hall–Kier alpha value is -0.840. The standard InChI is InChI=1S/C12H16ClN3S/c1-8-12(13)6-15-16(8)7-10-4-11(5-14-3)17-9(10)2/h4,6,14H,5,7H2,1-3H3. The molecular weight excluding hydrogens is 254 g/mol. The molecule has 0 fully saturated rings. The lowest BCUT2D eigenvalue weighted by Gasteiger charge is -2.03. The molecule has 0 aliphatic carbocycles. The van der Waals surface area contributed by atoms with Crippen molar-refractivity contribution in [2.24, 2.45) is 0 Å². The minimum Gasteiger partial charge on any atom is -0.315 e. The van der Waals surface area contributed by atoms with E-state index in [-0.39, 0.29) is 0 Å². The van der Waals surface area contributed by atoms with E-state index in [1.807, 2.05) is 30.0 Å². The highest BCUT2D eigenvalue weighted by atomic mass is 35.5. The molecule has 0 amide bonds. The van der Waals surface area contributed by atoms with Gasteiger partial charge in [-0.15, -0.1) is 11.3 Å². The number of thiophene rings is 1. The zero-order valence-corrected chi connectivity index (χ0v) is 11.8. The highest BCUT2D eigenvalue weighted by molar-refractivity contribution is 7.12. The van der Waals surface area contributed by atoms with Crippen molar-refractivity contribution < 1.29 is 0 Å². The third-order valence-corrected chi connectivity index (χ3v) is 4.25. The molecule has 0 unspecified atom stereocenters. The van der Waals surface area contributed by atoms with E-state index in [9.17, 15) is 0 Å². The van der Waals surface area contributed by atoms with Crippen LogP contribution in [0.3, 0.4) is 0 Å². The topological polar surface area (TPSA) is 29.9 Å². The van der Waals surface area contributed by atoms with E-state index in [1.165, 1.54) is 15.3 Å². The number of aromatic nitrogens is 2. The maximum absolute atomic E-state index is 6.00. The highest BCUT2D eigenvalue weighted by Crippen LogP contribution is 2.23. The van der Waals surface area contributed by atoms with Crippen molar-refractivity contribution in [2.45, 2.75) is 26.9 Å². The molecular formula is C12H16ClN3S. The summed E-state index contributed by atoms with van der Waals surface area (Å²) in [5.74, 6) is 0. The molecule has 0 spiro atoms. The number of nitrogens with one attached hydrogen (secondary N) is 1. The average Bonchev–Trinajstić information content (AvgIpc) is 2.78. The summed E-state index contributed by atoms with van der Waals surface area (Å²) in [6.07, 6.45) is 1.70. The second-order valence-electron chi connectivity index (χ2n) is 4.06. The fraction of sp³-hybridized carbons (Fsp3) is 0.417. The Bertz CT molecular complexity index is 516. The molecule has 92 valence electrons. The first-order valence-electron chi connectivity index (χ1n) is 5.52. The smallest absolute Gasteiger partial charge is 0.0815 e. The molecule has 0 aliphatic rings. The van der Waals surface area contributed by atoms with Gasteiger partial charge in [-0.05, 0) is 32.5 Å². The van der Waals surface area contributed by atoms with Gasteiger partial charge in [0.1, 0.15) is 0 Å². The number of hydrogen-bond acceptors (Lipinski definition) is 3. The molecule has 2 rings (SSSR count). The van der Waals surface area contributed by atoms with Crippen molar-refractivity contribution in [2.75, 3.05) is 7.05 Å². The van der Waals surface area contributed by atoms with Gasteiger partial charge >= 0.3 is 0 Å². The summed E-state index contributed by atoms with van der Waals surface area (Å²) < 4.78 is 1.94. The Morgan fingerprint density at radius 3 is 2.82 bits per heavy atom. The third kappa shape index (κ3) is 2.70. The van der Waals surface area contributed by atoms with Crippen LogP contribution in [0.5, 0.6) is 0 Å². The van der Waals surface area contributed by atoms with Gasteiger partial charge in [0.15, 0.2) is 0 Å². The molecule has 0 atom stereocenters. The van der Waals surface area contributed by atoms with Crippen molar-refractivity contribution in [1.29, 1.82) is 0 Å². The van der Waals surface area contributed by atoms with Gasteiger partial charge < -0.3 is 5.32 Å². The molecule has 0 saturated heterocycles. The van der Waals surface area contributed by atoms with Crippen LogP contribution in [0.25, 0.3) is 0 Å². The predicted molar refractivity (Wildman–Crippen MR) is 72.9 cm³/mol. The second kappa shape index (κ2) is 5.21. The monoisotopic (exact) mass is 269 g/mol. The van der Waals surface area contributed by atoms with Crippen molar-refractivity contribution in [3.63, 3.8) is 0 Å². The zero-order valence-electron chi connectivity index (χ0n) is 10.2. The highest BCUT2D eigenvalue weighted by Gasteiger charge is 2.09. The molecule has 17 heavy (non-hydrogen) atoms. The Kier molecular flexibility index (Phi) is 3.86. The number of hydrogen-bond donors (Lipinski definition) is 1. The molecule has 0 aliphatic heterocycles. The summed E-state index contributed by atoms with van der Waals surface area (Å²) in [6, 6.07) is 2.24. The van der Waals surface area contributed by atoms with Gasteiger partial charge in [0, 0.05) is 16.3 Å². The van der Waals surface area contributed by atoms with E-state index >= 15 is 0 Å². The average molecular weight is 270 g/mol. The third-order valence-electron chi connectivity index (χ3n) is 2.79. The summed E-state index contributed by atoms with van der Waals surface area (Å²) >= 11 is 7.83. The maximum Gasteiger partial charge on any atom is 0.0815 e. The summed E-state index contributed by atoms with van der Waals surface area (Å²) in [5.41, 5.74) is 2.34. The van der Waals surface area contributed by atoms with Crippen LogP contribution in [0.15, 0.2) is 12.3 Å². The normalized spacial score (nSPS) is 11.1. The summed E-state index contributed by atoms with van der Waals surface area (Å²) in [5, 5.41) is 8.18. The van der Waals surface area contributed by atoms with Crippen LogP contribution < -0.4 is 5.32 Å². The van der Waals surface area contributed by atoms with Crippen LogP contribution in [0.2, 0.25) is 5.02 Å². The van der Waals surface area contributed by atoms with Crippen molar-refractivity contribution >= 4 is 22.9 Å². The lowest BCUT2D eigenvalue weighted by molar-refractivity contribution is 0.664. The van der Waals surface area contributed by atoms with E-state index in [0.29, 0.717) is 0 Å². The van der Waals surface area contributed by atoms with Crippen LogP contribution in [-0.2, 0) is 13.1 Å². The number of aryl methyl sites for hydroxylation is 1. The van der Waals surface area contributed by atoms with Gasteiger partial charge in [0.2, 0.25) is 0 Å². The van der Waals surface area contributed by atoms with E-state index in [1.54, 1.807) is 6.20 Å². The number of halogens is 1. The fourth-order valence-electron chi connectivity index (χ4n) is 1.75. The first-order chi connectivity index (χ1) is 8.11. The van der Waals surface area contributed by atoms with Gasteiger partial charge in [-0.25, -0.2) is 0 Å². The van der Waals surface area contributed by atoms with Gasteiger partial charge in [-0.1, -0.05) is 11.6 Å². The van der Waals surface area contributed by atoms with Gasteiger partial charge in [-0.2, -0.15) is 5.10 Å². The lowest BCUT2D eigenvalue weighted by atomic mass is 10.2. The van der Waals surface area contributed by atoms with E-state index in [0.717, 1.165) is 23.8 Å². The van der Waals surface area contributed by atoms with Crippen molar-refractivity contribution in [3.05, 3.63) is 38.3 Å². The molecule has 2 heterocycles. The molecule has 0 radical (unpaired) electrons. The molecule has 0 bridgehead atoms. The van der Waals surface area contributed by atoms with E-state index in [4.69, 9.17) is 11.6 Å². The summed E-state index contributed by atoms with van der Waals surface area (Å²) in [7, 11) is 1.96. The first kappa shape index (κ1) is 12.6. The van der Waals surface area contributed by atoms with Crippen LogP contribution in [0.4, 0.5) is 0 Å². The minimum absolute atomic E-state index is 0.730. The molecule has 3 nitrogen and oxygen atoms in total. The summed E-state index contributed by atoms with van der Waals surface area (Å²) in [6.45, 7) is 5.86. The van der Waals surface area contributed by atoms with Crippen LogP contribution >= 0.6 is 22.9 Å². The quantitative estimate of drug-likeness (QED) is 0.925. The SMILES string of the molecule is CNCc1cc(Cn2ncc(Cl)c2C)c(C)s1. The zero-order chi connectivity index (χ0) is 12.4. The van der Waals surface area contributed by atoms with Crippen molar-refractivity contribution in [1.82, 2.24) is 15.1 Å². The number of nitrogens with zero attached hydrogens (tertiary/aromatic N) is 2. The van der Waals surface area contributed by atoms with Gasteiger partial charge in [-0.3, -0.25) is 4.68 Å². The van der Waals surface area contributed by atoms with Crippen LogP contribution in [-0.4, -0.2) is 16.8 Å². The molecule has 0 aromatic carbocycles. The minimum atomic E-state index is 0.730. The van der Waals surface area contributed by atoms with Crippen molar-refractivity contribution in [3.8, 4) is 0 Å². The largest absolute Gasteiger partial charge is 0.315 e. The Labute approximate surface area is 110 Å². The molecule has 2 aromatic rings. The van der Waals surface area contributed by atoms with E-state index < -0.39 is 0 Å². The first-order valence-corrected chi connectivity index (χ1v) is 6.72. The molecule has 1 N–H and O–H groups in total. The Morgan fingerprint density at radius 2 is 2.24 bits per heavy atom. The van der Waals surface area contributed by atoms with Gasteiger partial charge in [0.25, 0.3) is 0 Å². The Morgan fingerprint density at radius 1 is 1.47 bits per heavy atom. The lowest BCUT2D eigenvalue weighted by Crippen LogP contribution is -2.04. The van der Waals surface area contributed by atoms with Gasteiger partial charge in [0.05, 0.1) is 23.5 Å².